The van der Waals surface area contributed by atoms with E-state index in [2.05, 4.69) is 44.0 Å². The molecule has 0 radical (unpaired) electrons. The molecule has 0 spiro atoms. The van der Waals surface area contributed by atoms with Crippen LogP contribution < -0.4 is 0 Å². The molecule has 0 atom stereocenters. The largest absolute Gasteiger partial charge is 0.257 e. The Balaban J connectivity index is 2.38. The second-order valence-electron chi connectivity index (χ2n) is 8.20. The maximum atomic E-state index is 9.25. The molecule has 0 aliphatic heterocycles. The second kappa shape index (κ2) is 12.2. The van der Waals surface area contributed by atoms with Gasteiger partial charge < -0.3 is 0 Å². The summed E-state index contributed by atoms with van der Waals surface area (Å²) < 4.78 is 0. The van der Waals surface area contributed by atoms with Crippen molar-refractivity contribution in [3.63, 3.8) is 0 Å². The van der Waals surface area contributed by atoms with Crippen LogP contribution in [0.3, 0.4) is 0 Å². The van der Waals surface area contributed by atoms with Crippen molar-refractivity contribution in [2.45, 2.75) is 40.0 Å². The van der Waals surface area contributed by atoms with Gasteiger partial charge in [-0.25, -0.2) is 0 Å². The number of rotatable bonds is 7. The Morgan fingerprint density at radius 3 is 1.81 bits per heavy atom. The third kappa shape index (κ3) is 7.18. The zero-order valence-electron chi connectivity index (χ0n) is 19.6. The van der Waals surface area contributed by atoms with Gasteiger partial charge in [-0.15, -0.1) is 0 Å². The highest BCUT2D eigenvalue weighted by atomic mass is 14.7. The summed E-state index contributed by atoms with van der Waals surface area (Å²) >= 11 is 0. The SMILES string of the molecule is C\C=C/C(=C/C=N/c1ccccc1C(C)(C)C)C(/C=C\C)=C/C=N/c1ccccc1C#N. The Morgan fingerprint density at radius 1 is 0.781 bits per heavy atom. The minimum Gasteiger partial charge on any atom is -0.257 e. The van der Waals surface area contributed by atoms with Crippen LogP contribution in [-0.2, 0) is 5.41 Å². The van der Waals surface area contributed by atoms with E-state index in [0.29, 0.717) is 11.3 Å². The number of nitrogens with zero attached hydrogens (tertiary/aromatic N) is 3. The Morgan fingerprint density at radius 2 is 1.28 bits per heavy atom. The Hall–Kier alpha value is -3.77. The van der Waals surface area contributed by atoms with Gasteiger partial charge in [0, 0.05) is 12.4 Å². The molecule has 0 heterocycles. The number of aliphatic imine (C=N–C) groups is 2. The van der Waals surface area contributed by atoms with Gasteiger partial charge in [0.15, 0.2) is 0 Å². The van der Waals surface area contributed by atoms with E-state index in [1.54, 1.807) is 12.3 Å². The summed E-state index contributed by atoms with van der Waals surface area (Å²) in [5.41, 5.74) is 5.44. The number of hydrogen-bond acceptors (Lipinski definition) is 3. The molecule has 0 N–H and O–H groups in total. The van der Waals surface area contributed by atoms with Crippen LogP contribution in [0.15, 0.2) is 106 Å². The molecule has 0 aliphatic rings. The first-order valence-corrected chi connectivity index (χ1v) is 10.7. The van der Waals surface area contributed by atoms with E-state index in [1.165, 1.54) is 5.56 Å². The summed E-state index contributed by atoms with van der Waals surface area (Å²) in [4.78, 5) is 9.20. The van der Waals surface area contributed by atoms with Crippen LogP contribution in [0.2, 0.25) is 0 Å². The number of hydrogen-bond donors (Lipinski definition) is 0. The van der Waals surface area contributed by atoms with E-state index >= 15 is 0 Å². The summed E-state index contributed by atoms with van der Waals surface area (Å²) in [5.74, 6) is 0. The van der Waals surface area contributed by atoms with Crippen molar-refractivity contribution in [2.75, 3.05) is 0 Å². The lowest BCUT2D eigenvalue weighted by atomic mass is 9.86. The van der Waals surface area contributed by atoms with Crippen LogP contribution in [0, 0.1) is 11.3 Å². The highest BCUT2D eigenvalue weighted by Gasteiger charge is 2.16. The predicted octanol–water partition coefficient (Wildman–Crippen LogP) is 7.97. The molecular formula is C29H31N3. The minimum absolute atomic E-state index is 0.0238. The molecule has 162 valence electrons. The van der Waals surface area contributed by atoms with Crippen molar-refractivity contribution in [3.8, 4) is 6.07 Å². The molecule has 0 saturated heterocycles. The molecule has 2 aromatic rings. The Labute approximate surface area is 192 Å². The van der Waals surface area contributed by atoms with Gasteiger partial charge in [-0.05, 0) is 66.3 Å². The van der Waals surface area contributed by atoms with Crippen LogP contribution >= 0.6 is 0 Å². The first-order valence-electron chi connectivity index (χ1n) is 10.7. The molecule has 3 nitrogen and oxygen atoms in total. The molecule has 0 fully saturated rings. The Kier molecular flexibility index (Phi) is 9.32. The van der Waals surface area contributed by atoms with Gasteiger partial charge in [0.05, 0.1) is 16.9 Å². The zero-order chi connectivity index (χ0) is 23.4. The molecular weight excluding hydrogens is 390 g/mol. The fraction of sp³-hybridized carbons (Fsp3) is 0.207. The average molecular weight is 422 g/mol. The standard InChI is InChI=1S/C29H31N3/c1-6-12-23(18-20-31-27-16-10-8-14-25(27)22-30)24(13-7-2)19-21-32-28-17-11-9-15-26(28)29(3,4)5/h6-21H,1-5H3/b12-6-,13-7-,23-18+,24-19-,31-20+,32-21+. The smallest absolute Gasteiger partial charge is 0.101 e. The lowest BCUT2D eigenvalue weighted by molar-refractivity contribution is 0.591. The van der Waals surface area contributed by atoms with Crippen molar-refractivity contribution in [1.82, 2.24) is 0 Å². The molecule has 0 bridgehead atoms. The van der Waals surface area contributed by atoms with Gasteiger partial charge in [0.1, 0.15) is 6.07 Å². The van der Waals surface area contributed by atoms with Gasteiger partial charge in [-0.3, -0.25) is 9.98 Å². The van der Waals surface area contributed by atoms with E-state index in [9.17, 15) is 5.26 Å². The summed E-state index contributed by atoms with van der Waals surface area (Å²) in [5, 5.41) is 9.25. The predicted molar refractivity (Wildman–Crippen MR) is 138 cm³/mol. The maximum Gasteiger partial charge on any atom is 0.101 e. The summed E-state index contributed by atoms with van der Waals surface area (Å²) in [7, 11) is 0. The quantitative estimate of drug-likeness (QED) is 0.330. The zero-order valence-corrected chi connectivity index (χ0v) is 19.6. The third-order valence-corrected chi connectivity index (χ3v) is 4.70. The maximum absolute atomic E-state index is 9.25. The van der Waals surface area contributed by atoms with Gasteiger partial charge >= 0.3 is 0 Å². The molecule has 0 aliphatic carbocycles. The lowest BCUT2D eigenvalue weighted by Gasteiger charge is -2.20. The molecule has 0 unspecified atom stereocenters. The van der Waals surface area contributed by atoms with Crippen LogP contribution in [0.5, 0.6) is 0 Å². The summed E-state index contributed by atoms with van der Waals surface area (Å²) in [6.07, 6.45) is 15.6. The second-order valence-corrected chi connectivity index (χ2v) is 8.20. The lowest BCUT2D eigenvalue weighted by Crippen LogP contribution is -2.10. The molecule has 0 amide bonds. The number of allylic oxidation sites excluding steroid dienone is 8. The molecule has 32 heavy (non-hydrogen) atoms. The van der Waals surface area contributed by atoms with Gasteiger partial charge in [-0.2, -0.15) is 5.26 Å². The number of nitriles is 1. The fourth-order valence-corrected chi connectivity index (χ4v) is 3.15. The van der Waals surface area contributed by atoms with Crippen molar-refractivity contribution >= 4 is 23.8 Å². The summed E-state index contributed by atoms with van der Waals surface area (Å²) in [6, 6.07) is 17.7. The molecule has 0 saturated carbocycles. The minimum atomic E-state index is 0.0238. The van der Waals surface area contributed by atoms with E-state index in [4.69, 9.17) is 4.99 Å². The first kappa shape index (κ1) is 24.5. The highest BCUT2D eigenvalue weighted by molar-refractivity contribution is 5.82. The van der Waals surface area contributed by atoms with Crippen LogP contribution in [0.25, 0.3) is 0 Å². The molecule has 2 rings (SSSR count). The third-order valence-electron chi connectivity index (χ3n) is 4.70. The number of benzene rings is 2. The van der Waals surface area contributed by atoms with E-state index < -0.39 is 0 Å². The van der Waals surface area contributed by atoms with Crippen molar-refractivity contribution < 1.29 is 0 Å². The molecule has 2 aromatic carbocycles. The van der Waals surface area contributed by atoms with Crippen molar-refractivity contribution in [1.29, 1.82) is 5.26 Å². The van der Waals surface area contributed by atoms with E-state index in [1.807, 2.05) is 86.9 Å². The fourth-order valence-electron chi connectivity index (χ4n) is 3.15. The Bertz CT molecular complexity index is 1130. The van der Waals surface area contributed by atoms with Crippen molar-refractivity contribution in [2.24, 2.45) is 9.98 Å². The number of para-hydroxylation sites is 2. The van der Waals surface area contributed by atoms with Crippen LogP contribution in [0.1, 0.15) is 45.7 Å². The van der Waals surface area contributed by atoms with E-state index in [-0.39, 0.29) is 5.41 Å². The van der Waals surface area contributed by atoms with Crippen LogP contribution in [-0.4, -0.2) is 12.4 Å². The monoisotopic (exact) mass is 421 g/mol. The van der Waals surface area contributed by atoms with E-state index in [0.717, 1.165) is 16.8 Å². The topological polar surface area (TPSA) is 48.5 Å². The van der Waals surface area contributed by atoms with Gasteiger partial charge in [0.25, 0.3) is 0 Å². The van der Waals surface area contributed by atoms with Gasteiger partial charge in [-0.1, -0.05) is 75.4 Å². The molecule has 3 heteroatoms. The summed E-state index contributed by atoms with van der Waals surface area (Å²) in [6.45, 7) is 10.6. The average Bonchev–Trinajstić information content (AvgIpc) is 2.78. The first-order chi connectivity index (χ1) is 15.4. The normalized spacial score (nSPS) is 13.6. The molecule has 0 aromatic heterocycles. The van der Waals surface area contributed by atoms with Crippen molar-refractivity contribution in [3.05, 3.63) is 107 Å². The van der Waals surface area contributed by atoms with Gasteiger partial charge in [0.2, 0.25) is 0 Å². The highest BCUT2D eigenvalue weighted by Crippen LogP contribution is 2.31. The van der Waals surface area contributed by atoms with Crippen LogP contribution in [0.4, 0.5) is 11.4 Å².